The average Bonchev–Trinajstić information content (AvgIpc) is 2.95. The van der Waals surface area contributed by atoms with E-state index in [4.69, 9.17) is 9.47 Å². The lowest BCUT2D eigenvalue weighted by molar-refractivity contribution is -0.127. The number of benzene rings is 2. The highest BCUT2D eigenvalue weighted by molar-refractivity contribution is 9.10. The van der Waals surface area contributed by atoms with Crippen molar-refractivity contribution in [2.45, 2.75) is 19.6 Å². The zero-order chi connectivity index (χ0) is 19.0. The molecule has 0 spiro atoms. The summed E-state index contributed by atoms with van der Waals surface area (Å²) < 4.78 is 13.7. The smallest absolute Gasteiger partial charge is 0.308 e. The van der Waals surface area contributed by atoms with E-state index in [1.807, 2.05) is 31.2 Å². The predicted molar refractivity (Wildman–Crippen MR) is 103 cm³/mol. The molecule has 1 N–H and O–H groups in total. The van der Waals surface area contributed by atoms with Gasteiger partial charge < -0.3 is 19.1 Å². The fourth-order valence-corrected chi connectivity index (χ4v) is 3.38. The molecular weight excluding hydrogens is 414 g/mol. The van der Waals surface area contributed by atoms with Crippen LogP contribution in [0.15, 0.2) is 57.2 Å². The maximum absolute atomic E-state index is 12.4. The maximum Gasteiger partial charge on any atom is 0.308 e. The summed E-state index contributed by atoms with van der Waals surface area (Å²) in [7, 11) is 0. The number of aryl methyl sites for hydroxylation is 1. The van der Waals surface area contributed by atoms with Gasteiger partial charge in [-0.05, 0) is 37.3 Å². The highest BCUT2D eigenvalue weighted by Gasteiger charge is 2.27. The molecule has 0 aliphatic carbocycles. The number of rotatable bonds is 3. The molecule has 0 saturated carbocycles. The van der Waals surface area contributed by atoms with Crippen LogP contribution in [-0.2, 0) is 11.3 Å². The highest BCUT2D eigenvalue weighted by Crippen LogP contribution is 2.40. The Morgan fingerprint density at radius 3 is 2.85 bits per heavy atom. The van der Waals surface area contributed by atoms with Crippen molar-refractivity contribution in [3.63, 3.8) is 0 Å². The van der Waals surface area contributed by atoms with Crippen molar-refractivity contribution in [2.24, 2.45) is 10.2 Å². The number of carbonyl (C=O) groups is 1. The van der Waals surface area contributed by atoms with Gasteiger partial charge in [0, 0.05) is 16.4 Å². The van der Waals surface area contributed by atoms with Gasteiger partial charge in [-0.25, -0.2) is 0 Å². The van der Waals surface area contributed by atoms with Crippen molar-refractivity contribution in [3.05, 3.63) is 46.9 Å². The molecule has 0 unspecified atom stereocenters. The Balaban J connectivity index is 1.63. The third-order valence-corrected chi connectivity index (χ3v) is 4.81. The minimum atomic E-state index is -0.878. The van der Waals surface area contributed by atoms with E-state index in [9.17, 15) is 9.90 Å². The molecule has 8 heteroatoms. The lowest BCUT2D eigenvalue weighted by Gasteiger charge is -2.23. The van der Waals surface area contributed by atoms with Crippen molar-refractivity contribution in [2.75, 3.05) is 6.61 Å². The molecule has 0 bridgehead atoms. The van der Waals surface area contributed by atoms with Crippen LogP contribution < -0.4 is 9.47 Å². The number of hydrogen-bond acceptors (Lipinski definition) is 5. The van der Waals surface area contributed by atoms with Gasteiger partial charge >= 0.3 is 5.91 Å². The predicted octanol–water partition coefficient (Wildman–Crippen LogP) is 4.58. The third kappa shape index (κ3) is 3.16. The number of carbonyl (C=O) groups excluding carboxylic acids is 1. The Hall–Kier alpha value is -2.87. The molecule has 2 heterocycles. The van der Waals surface area contributed by atoms with E-state index in [0.29, 0.717) is 23.4 Å². The van der Waals surface area contributed by atoms with Gasteiger partial charge in [-0.15, -0.1) is 10.2 Å². The number of aromatic hydroxyl groups is 1. The normalized spacial score (nSPS) is 16.1. The van der Waals surface area contributed by atoms with Crippen molar-refractivity contribution in [3.8, 4) is 17.4 Å². The molecule has 0 radical (unpaired) electrons. The van der Waals surface area contributed by atoms with Gasteiger partial charge in [-0.2, -0.15) is 0 Å². The number of halogens is 1. The molecule has 4 rings (SSSR count). The second-order valence-corrected chi connectivity index (χ2v) is 6.90. The van der Waals surface area contributed by atoms with Crippen molar-refractivity contribution in [1.29, 1.82) is 0 Å². The monoisotopic (exact) mass is 429 g/mol. The zero-order valence-electron chi connectivity index (χ0n) is 14.4. The van der Waals surface area contributed by atoms with Gasteiger partial charge in [0.05, 0.1) is 5.52 Å². The summed E-state index contributed by atoms with van der Waals surface area (Å²) in [6, 6.07) is 12.7. The van der Waals surface area contributed by atoms with E-state index in [1.165, 1.54) is 0 Å². The van der Waals surface area contributed by atoms with Gasteiger partial charge in [0.2, 0.25) is 12.0 Å². The molecule has 0 saturated heterocycles. The van der Waals surface area contributed by atoms with E-state index in [2.05, 4.69) is 26.2 Å². The number of fused-ring (bicyclic) bond motifs is 2. The Kier molecular flexibility index (Phi) is 4.57. The van der Waals surface area contributed by atoms with Crippen LogP contribution >= 0.6 is 15.9 Å². The summed E-state index contributed by atoms with van der Waals surface area (Å²) in [6.07, 6.45) is -0.878. The van der Waals surface area contributed by atoms with E-state index in [0.717, 1.165) is 9.99 Å². The molecule has 1 atom stereocenters. The lowest BCUT2D eigenvalue weighted by Crippen LogP contribution is -2.35. The molecule has 1 aliphatic rings. The Morgan fingerprint density at radius 2 is 2.07 bits per heavy atom. The van der Waals surface area contributed by atoms with Crippen LogP contribution in [0.4, 0.5) is 5.69 Å². The van der Waals surface area contributed by atoms with Gasteiger partial charge in [-0.1, -0.05) is 28.1 Å². The van der Waals surface area contributed by atoms with E-state index in [1.54, 1.807) is 22.8 Å². The summed E-state index contributed by atoms with van der Waals surface area (Å²) in [5.41, 5.74) is 1.06. The maximum atomic E-state index is 12.4. The summed E-state index contributed by atoms with van der Waals surface area (Å²) in [5.74, 6) is 0.475. The quantitative estimate of drug-likeness (QED) is 0.617. The van der Waals surface area contributed by atoms with Crippen LogP contribution in [0.25, 0.3) is 10.9 Å². The summed E-state index contributed by atoms with van der Waals surface area (Å²) >= 11 is 3.41. The standard InChI is InChI=1S/C19H16BrN3O4/c1-2-23-13-8-7-11(20)9-12(13)17(19(23)25)21-22-18(24)16-10-26-14-5-3-4-6-15(14)27-16/h3-9,16,25H,2,10H2,1H3/t16-/m1/s1. The molecular formula is C19H16BrN3O4. The minimum absolute atomic E-state index is 0.0340. The number of ether oxygens (including phenoxy) is 2. The van der Waals surface area contributed by atoms with E-state index >= 15 is 0 Å². The van der Waals surface area contributed by atoms with Crippen LogP contribution in [0, 0.1) is 0 Å². The van der Waals surface area contributed by atoms with Gasteiger partial charge in [0.1, 0.15) is 6.61 Å². The lowest BCUT2D eigenvalue weighted by atomic mass is 10.2. The van der Waals surface area contributed by atoms with Crippen LogP contribution in [0.3, 0.4) is 0 Å². The van der Waals surface area contributed by atoms with Crippen LogP contribution in [0.1, 0.15) is 6.92 Å². The topological polar surface area (TPSA) is 85.4 Å². The van der Waals surface area contributed by atoms with Gasteiger partial charge in [0.15, 0.2) is 17.2 Å². The molecule has 3 aromatic rings. The molecule has 7 nitrogen and oxygen atoms in total. The first kappa shape index (κ1) is 17.5. The number of aromatic nitrogens is 1. The van der Waals surface area contributed by atoms with Gasteiger partial charge in [-0.3, -0.25) is 4.79 Å². The summed E-state index contributed by atoms with van der Waals surface area (Å²) in [4.78, 5) is 12.4. The largest absolute Gasteiger partial charge is 0.493 e. The average molecular weight is 430 g/mol. The van der Waals surface area contributed by atoms with Crippen LogP contribution in [-0.4, -0.2) is 28.3 Å². The first-order chi connectivity index (χ1) is 13.1. The fourth-order valence-electron chi connectivity index (χ4n) is 3.02. The van der Waals surface area contributed by atoms with Crippen LogP contribution in [0.5, 0.6) is 17.4 Å². The third-order valence-electron chi connectivity index (χ3n) is 4.32. The first-order valence-electron chi connectivity index (χ1n) is 8.43. The fraction of sp³-hybridized carbons (Fsp3) is 0.211. The molecule has 138 valence electrons. The molecule has 1 amide bonds. The summed E-state index contributed by atoms with van der Waals surface area (Å²) in [6.45, 7) is 2.53. The Morgan fingerprint density at radius 1 is 1.30 bits per heavy atom. The highest BCUT2D eigenvalue weighted by atomic mass is 79.9. The van der Waals surface area contributed by atoms with Crippen molar-refractivity contribution in [1.82, 2.24) is 4.57 Å². The number of hydrogen-bond donors (Lipinski definition) is 1. The Bertz CT molecular complexity index is 1060. The molecule has 27 heavy (non-hydrogen) atoms. The molecule has 1 aromatic heterocycles. The second-order valence-electron chi connectivity index (χ2n) is 5.98. The van der Waals surface area contributed by atoms with E-state index in [-0.39, 0.29) is 18.2 Å². The van der Waals surface area contributed by atoms with Crippen molar-refractivity contribution < 1.29 is 19.4 Å². The molecule has 1 aliphatic heterocycles. The minimum Gasteiger partial charge on any atom is -0.493 e. The number of para-hydroxylation sites is 2. The SMILES string of the molecule is CCn1c(O)c(N=NC(=O)[C@H]2COc3ccccc3O2)c2cc(Br)ccc21. The van der Waals surface area contributed by atoms with Crippen molar-refractivity contribution >= 4 is 38.4 Å². The summed E-state index contributed by atoms with van der Waals surface area (Å²) in [5, 5.41) is 19.0. The Labute approximate surface area is 163 Å². The number of amides is 1. The van der Waals surface area contributed by atoms with E-state index < -0.39 is 12.0 Å². The van der Waals surface area contributed by atoms with Gasteiger partial charge in [0.25, 0.3) is 0 Å². The first-order valence-corrected chi connectivity index (χ1v) is 9.22. The van der Waals surface area contributed by atoms with Crippen LogP contribution in [0.2, 0.25) is 0 Å². The number of azo groups is 1. The second kappa shape index (κ2) is 7.03. The molecule has 0 fully saturated rings. The molecule has 2 aromatic carbocycles. The zero-order valence-corrected chi connectivity index (χ0v) is 16.0. The number of nitrogens with zero attached hydrogens (tertiary/aromatic N) is 3.